The van der Waals surface area contributed by atoms with Crippen molar-refractivity contribution in [1.82, 2.24) is 5.32 Å². The van der Waals surface area contributed by atoms with Crippen LogP contribution >= 0.6 is 0 Å². The van der Waals surface area contributed by atoms with Gasteiger partial charge in [0.2, 0.25) is 0 Å². The lowest BCUT2D eigenvalue weighted by Gasteiger charge is -2.19. The minimum absolute atomic E-state index is 0.114. The first-order chi connectivity index (χ1) is 13.0. The fourth-order valence-corrected chi connectivity index (χ4v) is 2.65. The predicted octanol–water partition coefficient (Wildman–Crippen LogP) is 4.79. The Morgan fingerprint density at radius 3 is 2.48 bits per heavy atom. The SMILES string of the molecule is CCCCCNC(=O)N(C)c1cccc(-c2ccc(C=CC(=O)O)cc2)c1. The van der Waals surface area contributed by atoms with Gasteiger partial charge in [-0.1, -0.05) is 56.2 Å². The van der Waals surface area contributed by atoms with Gasteiger partial charge < -0.3 is 10.4 Å². The van der Waals surface area contributed by atoms with Crippen molar-refractivity contribution in [3.05, 3.63) is 60.2 Å². The summed E-state index contributed by atoms with van der Waals surface area (Å²) in [6, 6.07) is 15.3. The molecule has 0 fully saturated rings. The van der Waals surface area contributed by atoms with Crippen molar-refractivity contribution in [2.45, 2.75) is 26.2 Å². The first-order valence-corrected chi connectivity index (χ1v) is 9.14. The summed E-state index contributed by atoms with van der Waals surface area (Å²) in [6.07, 6.45) is 5.89. The van der Waals surface area contributed by atoms with E-state index in [4.69, 9.17) is 5.11 Å². The highest BCUT2D eigenvalue weighted by Crippen LogP contribution is 2.25. The molecule has 142 valence electrons. The van der Waals surface area contributed by atoms with Crippen LogP contribution in [0.15, 0.2) is 54.6 Å². The molecule has 0 spiro atoms. The lowest BCUT2D eigenvalue weighted by atomic mass is 10.0. The van der Waals surface area contributed by atoms with Gasteiger partial charge in [-0.15, -0.1) is 0 Å². The van der Waals surface area contributed by atoms with Gasteiger partial charge in [-0.2, -0.15) is 0 Å². The average Bonchev–Trinajstić information content (AvgIpc) is 2.69. The van der Waals surface area contributed by atoms with Gasteiger partial charge in [-0.05, 0) is 41.3 Å². The molecule has 0 aromatic heterocycles. The van der Waals surface area contributed by atoms with Crippen LogP contribution in [0.4, 0.5) is 10.5 Å². The molecule has 0 bridgehead atoms. The number of amides is 2. The molecule has 0 saturated heterocycles. The number of unbranched alkanes of at least 4 members (excludes halogenated alkanes) is 2. The maximum Gasteiger partial charge on any atom is 0.328 e. The van der Waals surface area contributed by atoms with E-state index < -0.39 is 5.97 Å². The molecule has 0 aliphatic heterocycles. The number of carbonyl (C=O) groups excluding carboxylic acids is 1. The summed E-state index contributed by atoms with van der Waals surface area (Å²) in [6.45, 7) is 2.82. The number of benzene rings is 2. The van der Waals surface area contributed by atoms with E-state index in [0.717, 1.165) is 47.7 Å². The van der Waals surface area contributed by atoms with E-state index >= 15 is 0 Å². The maximum atomic E-state index is 12.3. The summed E-state index contributed by atoms with van der Waals surface area (Å²) in [7, 11) is 1.76. The van der Waals surface area contributed by atoms with Crippen molar-refractivity contribution in [3.63, 3.8) is 0 Å². The molecule has 0 aliphatic carbocycles. The third-order valence-corrected chi connectivity index (χ3v) is 4.26. The molecule has 0 atom stereocenters. The number of hydrogen-bond donors (Lipinski definition) is 2. The number of anilines is 1. The zero-order chi connectivity index (χ0) is 19.6. The number of nitrogens with one attached hydrogen (secondary N) is 1. The molecule has 2 amide bonds. The molecule has 0 saturated carbocycles. The standard InChI is InChI=1S/C22H26N2O3/c1-3-4-5-15-23-22(27)24(2)20-8-6-7-19(16-20)18-12-9-17(10-13-18)11-14-21(25)26/h6-14,16H,3-5,15H2,1-2H3,(H,23,27)(H,25,26). The monoisotopic (exact) mass is 366 g/mol. The Labute approximate surface area is 160 Å². The Kier molecular flexibility index (Phi) is 7.62. The van der Waals surface area contributed by atoms with Crippen molar-refractivity contribution in [3.8, 4) is 11.1 Å². The van der Waals surface area contributed by atoms with Gasteiger partial charge in [0.1, 0.15) is 0 Å². The second-order valence-electron chi connectivity index (χ2n) is 6.34. The molecular weight excluding hydrogens is 340 g/mol. The molecule has 2 aromatic carbocycles. The quantitative estimate of drug-likeness (QED) is 0.521. The highest BCUT2D eigenvalue weighted by Gasteiger charge is 2.10. The molecule has 2 aromatic rings. The molecule has 0 unspecified atom stereocenters. The summed E-state index contributed by atoms with van der Waals surface area (Å²) >= 11 is 0. The van der Waals surface area contributed by atoms with Crippen molar-refractivity contribution in [2.24, 2.45) is 0 Å². The topological polar surface area (TPSA) is 69.6 Å². The van der Waals surface area contributed by atoms with E-state index in [1.165, 1.54) is 0 Å². The van der Waals surface area contributed by atoms with Crippen molar-refractivity contribution < 1.29 is 14.7 Å². The summed E-state index contributed by atoms with van der Waals surface area (Å²) in [4.78, 5) is 24.5. The molecule has 27 heavy (non-hydrogen) atoms. The molecule has 0 aliphatic rings. The second kappa shape index (κ2) is 10.2. The van der Waals surface area contributed by atoms with E-state index in [0.29, 0.717) is 6.54 Å². The van der Waals surface area contributed by atoms with E-state index in [-0.39, 0.29) is 6.03 Å². The number of aliphatic carboxylic acids is 1. The predicted molar refractivity (Wildman–Crippen MR) is 110 cm³/mol. The van der Waals surface area contributed by atoms with Crippen LogP contribution in [0.2, 0.25) is 0 Å². The summed E-state index contributed by atoms with van der Waals surface area (Å²) in [5.41, 5.74) is 3.63. The number of rotatable bonds is 8. The largest absolute Gasteiger partial charge is 0.478 e. The van der Waals surface area contributed by atoms with Crippen LogP contribution in [-0.2, 0) is 4.79 Å². The molecule has 2 rings (SSSR count). The number of urea groups is 1. The third-order valence-electron chi connectivity index (χ3n) is 4.26. The van der Waals surface area contributed by atoms with Crippen LogP contribution in [0.5, 0.6) is 0 Å². The molecule has 0 heterocycles. The Balaban J connectivity index is 2.08. The van der Waals surface area contributed by atoms with Crippen molar-refractivity contribution >= 4 is 23.8 Å². The second-order valence-corrected chi connectivity index (χ2v) is 6.34. The highest BCUT2D eigenvalue weighted by atomic mass is 16.4. The normalized spacial score (nSPS) is 10.7. The minimum Gasteiger partial charge on any atom is -0.478 e. The Morgan fingerprint density at radius 1 is 1.07 bits per heavy atom. The van der Waals surface area contributed by atoms with E-state index in [2.05, 4.69) is 12.2 Å². The van der Waals surface area contributed by atoms with Gasteiger partial charge in [0.25, 0.3) is 0 Å². The minimum atomic E-state index is -0.970. The Hall–Kier alpha value is -3.08. The average molecular weight is 366 g/mol. The molecule has 5 nitrogen and oxygen atoms in total. The number of carboxylic acids is 1. The van der Waals surface area contributed by atoms with Crippen molar-refractivity contribution in [1.29, 1.82) is 0 Å². The fourth-order valence-electron chi connectivity index (χ4n) is 2.65. The number of hydrogen-bond acceptors (Lipinski definition) is 2. The van der Waals surface area contributed by atoms with Crippen LogP contribution < -0.4 is 10.2 Å². The van der Waals surface area contributed by atoms with Gasteiger partial charge in [0.15, 0.2) is 0 Å². The molecular formula is C22H26N2O3. The van der Waals surface area contributed by atoms with Crippen LogP contribution in [-0.4, -0.2) is 30.7 Å². The van der Waals surface area contributed by atoms with E-state index in [9.17, 15) is 9.59 Å². The fraction of sp³-hybridized carbons (Fsp3) is 0.273. The number of carbonyl (C=O) groups is 2. The first kappa shape index (κ1) is 20.2. The van der Waals surface area contributed by atoms with Crippen LogP contribution in [0.1, 0.15) is 31.7 Å². The molecule has 0 radical (unpaired) electrons. The van der Waals surface area contributed by atoms with Gasteiger partial charge in [0, 0.05) is 25.4 Å². The lowest BCUT2D eigenvalue weighted by molar-refractivity contribution is -0.131. The Morgan fingerprint density at radius 2 is 1.81 bits per heavy atom. The maximum absolute atomic E-state index is 12.3. The van der Waals surface area contributed by atoms with E-state index in [1.807, 2.05) is 48.5 Å². The zero-order valence-electron chi connectivity index (χ0n) is 15.8. The molecule has 2 N–H and O–H groups in total. The van der Waals surface area contributed by atoms with Gasteiger partial charge >= 0.3 is 12.0 Å². The van der Waals surface area contributed by atoms with Crippen molar-refractivity contribution in [2.75, 3.05) is 18.5 Å². The van der Waals surface area contributed by atoms with Crippen LogP contribution in [0.25, 0.3) is 17.2 Å². The third kappa shape index (κ3) is 6.29. The van der Waals surface area contributed by atoms with Crippen LogP contribution in [0.3, 0.4) is 0 Å². The van der Waals surface area contributed by atoms with Crippen LogP contribution in [0, 0.1) is 0 Å². The van der Waals surface area contributed by atoms with Gasteiger partial charge in [0.05, 0.1) is 0 Å². The van der Waals surface area contributed by atoms with Gasteiger partial charge in [-0.3, -0.25) is 4.90 Å². The van der Waals surface area contributed by atoms with Gasteiger partial charge in [-0.25, -0.2) is 9.59 Å². The first-order valence-electron chi connectivity index (χ1n) is 9.14. The lowest BCUT2D eigenvalue weighted by Crippen LogP contribution is -2.37. The summed E-state index contributed by atoms with van der Waals surface area (Å²) < 4.78 is 0. The Bertz CT molecular complexity index is 797. The number of nitrogens with zero attached hydrogens (tertiary/aromatic N) is 1. The number of carboxylic acid groups (broad SMARTS) is 1. The summed E-state index contributed by atoms with van der Waals surface area (Å²) in [5.74, 6) is -0.970. The molecule has 5 heteroatoms. The summed E-state index contributed by atoms with van der Waals surface area (Å²) in [5, 5.41) is 11.6. The smallest absolute Gasteiger partial charge is 0.328 e. The zero-order valence-corrected chi connectivity index (χ0v) is 15.8. The highest BCUT2D eigenvalue weighted by molar-refractivity contribution is 5.92. The van der Waals surface area contributed by atoms with E-state index in [1.54, 1.807) is 18.0 Å².